The molecule has 2 fully saturated rings. The smallest absolute Gasteiger partial charge is 0.289 e. The molecule has 2 aromatic rings. The first kappa shape index (κ1) is 18.0. The summed E-state index contributed by atoms with van der Waals surface area (Å²) >= 11 is 0. The minimum Gasteiger partial charge on any atom is -0.448 e. The second-order valence-electron chi connectivity index (χ2n) is 7.20. The van der Waals surface area contributed by atoms with Crippen molar-refractivity contribution in [2.24, 2.45) is 5.92 Å². The Hall–Kier alpha value is -2.41. The number of ether oxygens (including phenoxy) is 1. The Kier molecular flexibility index (Phi) is 4.86. The van der Waals surface area contributed by atoms with Gasteiger partial charge in [-0.15, -0.1) is 0 Å². The van der Waals surface area contributed by atoms with E-state index in [1.54, 1.807) is 24.0 Å². The molecule has 1 atom stereocenters. The lowest BCUT2D eigenvalue weighted by molar-refractivity contribution is -0.141. The number of hydrogen-bond acceptors (Lipinski definition) is 4. The molecule has 0 unspecified atom stereocenters. The molecule has 0 spiro atoms. The maximum atomic E-state index is 14.0. The van der Waals surface area contributed by atoms with E-state index in [-0.39, 0.29) is 29.1 Å². The molecule has 4 rings (SSSR count). The number of likely N-dealkylation sites (tertiary alicyclic amines) is 1. The van der Waals surface area contributed by atoms with Gasteiger partial charge in [0.25, 0.3) is 5.91 Å². The van der Waals surface area contributed by atoms with Crippen molar-refractivity contribution < 1.29 is 23.1 Å². The molecule has 3 heterocycles. The van der Waals surface area contributed by atoms with Gasteiger partial charge >= 0.3 is 0 Å². The van der Waals surface area contributed by atoms with E-state index in [1.807, 2.05) is 4.90 Å². The lowest BCUT2D eigenvalue weighted by Crippen LogP contribution is -2.49. The highest BCUT2D eigenvalue weighted by molar-refractivity contribution is 5.99. The van der Waals surface area contributed by atoms with Crippen molar-refractivity contribution in [2.45, 2.75) is 19.8 Å². The number of carbonyl (C=O) groups is 2. The topological polar surface area (TPSA) is 63.0 Å². The van der Waals surface area contributed by atoms with Crippen LogP contribution in [-0.4, -0.2) is 61.0 Å². The largest absolute Gasteiger partial charge is 0.448 e. The molecular formula is C20H23FN2O4. The molecule has 0 radical (unpaired) electrons. The number of fused-ring (bicyclic) bond motifs is 1. The summed E-state index contributed by atoms with van der Waals surface area (Å²) in [5.41, 5.74) is 0.743. The quantitative estimate of drug-likeness (QED) is 0.811. The number of piperidine rings is 1. The van der Waals surface area contributed by atoms with Crippen LogP contribution in [0, 0.1) is 18.7 Å². The van der Waals surface area contributed by atoms with Crippen LogP contribution >= 0.6 is 0 Å². The Labute approximate surface area is 156 Å². The van der Waals surface area contributed by atoms with Crippen LogP contribution in [0.5, 0.6) is 0 Å². The average Bonchev–Trinajstić information content (AvgIpc) is 3.06. The van der Waals surface area contributed by atoms with Crippen LogP contribution in [0.25, 0.3) is 11.0 Å². The number of rotatable bonds is 2. The van der Waals surface area contributed by atoms with E-state index in [2.05, 4.69) is 0 Å². The van der Waals surface area contributed by atoms with Gasteiger partial charge in [0.2, 0.25) is 5.91 Å². The summed E-state index contributed by atoms with van der Waals surface area (Å²) in [5.74, 6) is -0.712. The van der Waals surface area contributed by atoms with Crippen LogP contribution in [0.1, 0.15) is 29.0 Å². The maximum absolute atomic E-state index is 14.0. The minimum atomic E-state index is -0.478. The Morgan fingerprint density at radius 3 is 2.67 bits per heavy atom. The molecule has 0 N–H and O–H groups in total. The van der Waals surface area contributed by atoms with Gasteiger partial charge in [0, 0.05) is 37.1 Å². The SMILES string of the molecule is Cc1c(C(=O)N2CCC[C@@H](C(=O)N3CCOCC3)C2)oc2c(F)cccc12. The minimum absolute atomic E-state index is 0.0863. The third-order valence-electron chi connectivity index (χ3n) is 5.49. The standard InChI is InChI=1S/C20H23FN2O4/c1-13-15-5-2-6-16(21)18(15)27-17(13)20(25)23-7-3-4-14(12-23)19(24)22-8-10-26-11-9-22/h2,5-6,14H,3-4,7-12H2,1H3/t14-/m1/s1. The van der Waals surface area contributed by atoms with Gasteiger partial charge in [0.15, 0.2) is 17.2 Å². The zero-order valence-corrected chi connectivity index (χ0v) is 15.4. The predicted molar refractivity (Wildman–Crippen MR) is 96.9 cm³/mol. The molecular weight excluding hydrogens is 351 g/mol. The van der Waals surface area contributed by atoms with Gasteiger partial charge in [-0.2, -0.15) is 0 Å². The van der Waals surface area contributed by atoms with Crippen molar-refractivity contribution in [1.82, 2.24) is 9.80 Å². The average molecular weight is 374 g/mol. The lowest BCUT2D eigenvalue weighted by atomic mass is 9.96. The monoisotopic (exact) mass is 374 g/mol. The Bertz CT molecular complexity index is 872. The van der Waals surface area contributed by atoms with E-state index < -0.39 is 5.82 Å². The summed E-state index contributed by atoms with van der Waals surface area (Å²) in [6.45, 7) is 5.03. The number of hydrogen-bond donors (Lipinski definition) is 0. The highest BCUT2D eigenvalue weighted by Crippen LogP contribution is 2.29. The fourth-order valence-electron chi connectivity index (χ4n) is 3.96. The first-order chi connectivity index (χ1) is 13.1. The normalized spacial score (nSPS) is 20.9. The molecule has 1 aromatic heterocycles. The zero-order valence-electron chi connectivity index (χ0n) is 15.4. The molecule has 7 heteroatoms. The molecule has 144 valence electrons. The highest BCUT2D eigenvalue weighted by Gasteiger charge is 2.34. The number of para-hydroxylation sites is 1. The summed E-state index contributed by atoms with van der Waals surface area (Å²) < 4.78 is 24.9. The zero-order chi connectivity index (χ0) is 19.0. The molecule has 2 amide bonds. The van der Waals surface area contributed by atoms with Crippen LogP contribution in [0.3, 0.4) is 0 Å². The molecule has 2 saturated heterocycles. The fraction of sp³-hybridized carbons (Fsp3) is 0.500. The van der Waals surface area contributed by atoms with Gasteiger partial charge in [-0.3, -0.25) is 9.59 Å². The van der Waals surface area contributed by atoms with E-state index in [1.165, 1.54) is 6.07 Å². The van der Waals surface area contributed by atoms with Crippen molar-refractivity contribution in [1.29, 1.82) is 0 Å². The first-order valence-electron chi connectivity index (χ1n) is 9.39. The molecule has 1 aromatic carbocycles. The van der Waals surface area contributed by atoms with Crippen LogP contribution in [0.4, 0.5) is 4.39 Å². The number of halogens is 1. The van der Waals surface area contributed by atoms with Gasteiger partial charge in [0.05, 0.1) is 19.1 Å². The van der Waals surface area contributed by atoms with Gasteiger partial charge in [0.1, 0.15) is 0 Å². The fourth-order valence-corrected chi connectivity index (χ4v) is 3.96. The van der Waals surface area contributed by atoms with Crippen molar-refractivity contribution in [3.63, 3.8) is 0 Å². The van der Waals surface area contributed by atoms with Crippen LogP contribution in [-0.2, 0) is 9.53 Å². The van der Waals surface area contributed by atoms with E-state index in [0.29, 0.717) is 50.3 Å². The number of carbonyl (C=O) groups excluding carboxylic acids is 2. The number of furan rings is 1. The van der Waals surface area contributed by atoms with Gasteiger partial charge in [-0.25, -0.2) is 4.39 Å². The second-order valence-corrected chi connectivity index (χ2v) is 7.20. The molecule has 0 bridgehead atoms. The van der Waals surface area contributed by atoms with Gasteiger partial charge in [-0.05, 0) is 25.8 Å². The summed E-state index contributed by atoms with van der Waals surface area (Å²) in [4.78, 5) is 29.3. The number of aryl methyl sites for hydroxylation is 1. The number of benzene rings is 1. The summed E-state index contributed by atoms with van der Waals surface area (Å²) in [7, 11) is 0. The molecule has 0 aliphatic carbocycles. The Balaban J connectivity index is 1.53. The van der Waals surface area contributed by atoms with Crippen molar-refractivity contribution >= 4 is 22.8 Å². The lowest BCUT2D eigenvalue weighted by Gasteiger charge is -2.36. The molecule has 27 heavy (non-hydrogen) atoms. The highest BCUT2D eigenvalue weighted by atomic mass is 19.1. The predicted octanol–water partition coefficient (Wildman–Crippen LogP) is 2.59. The summed E-state index contributed by atoms with van der Waals surface area (Å²) in [6, 6.07) is 4.67. The maximum Gasteiger partial charge on any atom is 0.289 e. The molecule has 0 saturated carbocycles. The third kappa shape index (κ3) is 3.32. The third-order valence-corrected chi connectivity index (χ3v) is 5.49. The summed E-state index contributed by atoms with van der Waals surface area (Å²) in [6.07, 6.45) is 1.54. The molecule has 6 nitrogen and oxygen atoms in total. The van der Waals surface area contributed by atoms with Crippen LogP contribution in [0.15, 0.2) is 22.6 Å². The number of nitrogens with zero attached hydrogens (tertiary/aromatic N) is 2. The van der Waals surface area contributed by atoms with Crippen molar-refractivity contribution in [2.75, 3.05) is 39.4 Å². The van der Waals surface area contributed by atoms with Crippen molar-refractivity contribution in [3.05, 3.63) is 35.3 Å². The van der Waals surface area contributed by atoms with Gasteiger partial charge in [-0.1, -0.05) is 12.1 Å². The second kappa shape index (κ2) is 7.31. The Morgan fingerprint density at radius 1 is 1.15 bits per heavy atom. The Morgan fingerprint density at radius 2 is 1.93 bits per heavy atom. The number of amides is 2. The van der Waals surface area contributed by atoms with Crippen LogP contribution in [0.2, 0.25) is 0 Å². The molecule has 2 aliphatic heterocycles. The van der Waals surface area contributed by atoms with Crippen molar-refractivity contribution in [3.8, 4) is 0 Å². The van der Waals surface area contributed by atoms with Crippen LogP contribution < -0.4 is 0 Å². The van der Waals surface area contributed by atoms with E-state index in [4.69, 9.17) is 9.15 Å². The van der Waals surface area contributed by atoms with Gasteiger partial charge < -0.3 is 19.0 Å². The number of morpholine rings is 1. The molecule has 2 aliphatic rings. The van der Waals surface area contributed by atoms with E-state index in [9.17, 15) is 14.0 Å². The first-order valence-corrected chi connectivity index (χ1v) is 9.39. The van der Waals surface area contributed by atoms with E-state index >= 15 is 0 Å². The summed E-state index contributed by atoms with van der Waals surface area (Å²) in [5, 5.41) is 0.608. The van der Waals surface area contributed by atoms with E-state index in [0.717, 1.165) is 12.8 Å².